The molecule has 3 rings (SSSR count). The standard InChI is InChI=1S/C19H24FN3O4/c1-3-9-27-18-15-12(17(24)13(19(25)26)11-22(15)4-2)10-14(20)16(18)23-7-5-21-6-8-23/h10-11,21H,3-9H2,1-2H3,(H,25,26). The molecule has 2 aromatic rings. The molecule has 7 nitrogen and oxygen atoms in total. The average molecular weight is 377 g/mol. The maximum atomic E-state index is 15.1. The summed E-state index contributed by atoms with van der Waals surface area (Å²) in [5.41, 5.74) is -0.299. The van der Waals surface area contributed by atoms with E-state index in [1.165, 1.54) is 6.20 Å². The molecule has 27 heavy (non-hydrogen) atoms. The van der Waals surface area contributed by atoms with Crippen molar-refractivity contribution in [3.8, 4) is 5.75 Å². The first kappa shape index (κ1) is 19.2. The van der Waals surface area contributed by atoms with Crippen LogP contribution in [0, 0.1) is 5.82 Å². The molecule has 2 N–H and O–H groups in total. The number of halogens is 1. The number of carbonyl (C=O) groups is 1. The smallest absolute Gasteiger partial charge is 0.341 e. The fourth-order valence-corrected chi connectivity index (χ4v) is 3.41. The maximum Gasteiger partial charge on any atom is 0.341 e. The first-order valence-corrected chi connectivity index (χ1v) is 9.21. The van der Waals surface area contributed by atoms with Gasteiger partial charge in [-0.2, -0.15) is 0 Å². The molecule has 1 aliphatic rings. The fourth-order valence-electron chi connectivity index (χ4n) is 3.41. The first-order chi connectivity index (χ1) is 13.0. The molecule has 0 atom stereocenters. The van der Waals surface area contributed by atoms with E-state index in [1.807, 2.05) is 18.7 Å². The van der Waals surface area contributed by atoms with E-state index >= 15 is 4.39 Å². The molecule has 1 saturated heterocycles. The fraction of sp³-hybridized carbons (Fsp3) is 0.474. The molecule has 0 amide bonds. The predicted molar refractivity (Wildman–Crippen MR) is 102 cm³/mol. The third-order valence-corrected chi connectivity index (χ3v) is 4.70. The maximum absolute atomic E-state index is 15.1. The molecule has 1 aliphatic heterocycles. The van der Waals surface area contributed by atoms with Crippen molar-refractivity contribution >= 4 is 22.6 Å². The Hall–Kier alpha value is -2.61. The third kappa shape index (κ3) is 3.49. The van der Waals surface area contributed by atoms with Crippen molar-refractivity contribution < 1.29 is 19.0 Å². The number of hydrogen-bond donors (Lipinski definition) is 2. The number of ether oxygens (including phenoxy) is 1. The average Bonchev–Trinajstić information content (AvgIpc) is 2.67. The number of nitrogens with one attached hydrogen (secondary N) is 1. The minimum atomic E-state index is -1.33. The lowest BCUT2D eigenvalue weighted by atomic mass is 10.1. The minimum Gasteiger partial charge on any atom is -0.489 e. The van der Waals surface area contributed by atoms with Gasteiger partial charge in [0.2, 0.25) is 5.43 Å². The highest BCUT2D eigenvalue weighted by molar-refractivity contribution is 5.97. The summed E-state index contributed by atoms with van der Waals surface area (Å²) in [6.07, 6.45) is 2.04. The summed E-state index contributed by atoms with van der Waals surface area (Å²) in [4.78, 5) is 26.0. The summed E-state index contributed by atoms with van der Waals surface area (Å²) in [5.74, 6) is -1.59. The van der Waals surface area contributed by atoms with E-state index < -0.39 is 17.2 Å². The van der Waals surface area contributed by atoms with Gasteiger partial charge in [-0.1, -0.05) is 6.92 Å². The summed E-state index contributed by atoms with van der Waals surface area (Å²) in [6, 6.07) is 1.15. The van der Waals surface area contributed by atoms with Gasteiger partial charge in [-0.25, -0.2) is 9.18 Å². The molecular formula is C19H24FN3O4. The van der Waals surface area contributed by atoms with Gasteiger partial charge in [0.15, 0.2) is 11.6 Å². The molecule has 1 aromatic carbocycles. The van der Waals surface area contributed by atoms with Crippen LogP contribution in [-0.4, -0.2) is 48.4 Å². The number of piperazine rings is 1. The SMILES string of the molecule is CCCOc1c(N2CCNCC2)c(F)cc2c(=O)c(C(=O)O)cn(CC)c12. The molecule has 2 heterocycles. The summed E-state index contributed by atoms with van der Waals surface area (Å²) >= 11 is 0. The van der Waals surface area contributed by atoms with Gasteiger partial charge in [-0.15, -0.1) is 0 Å². The highest BCUT2D eigenvalue weighted by Gasteiger charge is 2.26. The van der Waals surface area contributed by atoms with Gasteiger partial charge in [0.05, 0.1) is 17.5 Å². The Labute approximate surface area is 156 Å². The Bertz CT molecular complexity index is 920. The molecule has 0 bridgehead atoms. The Morgan fingerprint density at radius 2 is 2.04 bits per heavy atom. The van der Waals surface area contributed by atoms with Gasteiger partial charge in [-0.05, 0) is 19.4 Å². The van der Waals surface area contributed by atoms with Crippen LogP contribution in [-0.2, 0) is 6.54 Å². The van der Waals surface area contributed by atoms with Gasteiger partial charge in [0.1, 0.15) is 11.3 Å². The number of carboxylic acids is 1. The van der Waals surface area contributed by atoms with E-state index in [-0.39, 0.29) is 10.9 Å². The second-order valence-corrected chi connectivity index (χ2v) is 6.48. The van der Waals surface area contributed by atoms with Crippen LogP contribution in [0.15, 0.2) is 17.1 Å². The normalized spacial score (nSPS) is 14.6. The molecule has 8 heteroatoms. The highest BCUT2D eigenvalue weighted by Crippen LogP contribution is 2.38. The van der Waals surface area contributed by atoms with Crippen molar-refractivity contribution in [2.45, 2.75) is 26.8 Å². The number of carboxylic acid groups (broad SMARTS) is 1. The van der Waals surface area contributed by atoms with Gasteiger partial charge >= 0.3 is 5.97 Å². The molecule has 1 fully saturated rings. The predicted octanol–water partition coefficient (Wildman–Crippen LogP) is 2.06. The van der Waals surface area contributed by atoms with Crippen LogP contribution in [0.5, 0.6) is 5.75 Å². The lowest BCUT2D eigenvalue weighted by Gasteiger charge is -2.32. The van der Waals surface area contributed by atoms with Crippen LogP contribution in [0.4, 0.5) is 10.1 Å². The number of fused-ring (bicyclic) bond motifs is 1. The Balaban J connectivity index is 2.36. The topological polar surface area (TPSA) is 83.8 Å². The number of hydrogen-bond acceptors (Lipinski definition) is 5. The third-order valence-electron chi connectivity index (χ3n) is 4.70. The van der Waals surface area contributed by atoms with Crippen molar-refractivity contribution in [3.05, 3.63) is 33.9 Å². The zero-order chi connectivity index (χ0) is 19.6. The quantitative estimate of drug-likeness (QED) is 0.802. The van der Waals surface area contributed by atoms with Gasteiger partial charge < -0.3 is 24.6 Å². The molecule has 146 valence electrons. The monoisotopic (exact) mass is 377 g/mol. The Morgan fingerprint density at radius 3 is 2.63 bits per heavy atom. The van der Waals surface area contributed by atoms with Crippen LogP contribution in [0.1, 0.15) is 30.6 Å². The highest BCUT2D eigenvalue weighted by atomic mass is 19.1. The molecule has 0 unspecified atom stereocenters. The van der Waals surface area contributed by atoms with Crippen molar-refractivity contribution in [2.75, 3.05) is 37.7 Å². The van der Waals surface area contributed by atoms with Gasteiger partial charge in [0, 0.05) is 38.9 Å². The van der Waals surface area contributed by atoms with Crippen LogP contribution in [0.2, 0.25) is 0 Å². The number of pyridine rings is 1. The van der Waals surface area contributed by atoms with Crippen LogP contribution in [0.25, 0.3) is 10.9 Å². The van der Waals surface area contributed by atoms with E-state index in [9.17, 15) is 14.7 Å². The molecule has 0 spiro atoms. The number of aryl methyl sites for hydroxylation is 1. The minimum absolute atomic E-state index is 0.0271. The van der Waals surface area contributed by atoms with Crippen LogP contribution < -0.4 is 20.4 Å². The first-order valence-electron chi connectivity index (χ1n) is 9.21. The van der Waals surface area contributed by atoms with E-state index in [1.54, 1.807) is 4.57 Å². The van der Waals surface area contributed by atoms with Gasteiger partial charge in [-0.3, -0.25) is 4.79 Å². The second-order valence-electron chi connectivity index (χ2n) is 6.48. The Morgan fingerprint density at radius 1 is 1.33 bits per heavy atom. The largest absolute Gasteiger partial charge is 0.489 e. The lowest BCUT2D eigenvalue weighted by Crippen LogP contribution is -2.44. The molecule has 1 aromatic heterocycles. The summed E-state index contributed by atoms with van der Waals surface area (Å²) in [7, 11) is 0. The van der Waals surface area contributed by atoms with Gasteiger partial charge in [0.25, 0.3) is 0 Å². The van der Waals surface area contributed by atoms with Crippen molar-refractivity contribution in [1.29, 1.82) is 0 Å². The summed E-state index contributed by atoms with van der Waals surface area (Å²) < 4.78 is 22.7. The van der Waals surface area contributed by atoms with E-state index in [0.29, 0.717) is 43.2 Å². The number of anilines is 1. The molecular weight excluding hydrogens is 353 g/mol. The van der Waals surface area contributed by atoms with Crippen LogP contribution in [0.3, 0.4) is 0 Å². The summed E-state index contributed by atoms with van der Waals surface area (Å²) in [5, 5.41) is 12.6. The van der Waals surface area contributed by atoms with E-state index in [2.05, 4.69) is 5.32 Å². The van der Waals surface area contributed by atoms with Crippen molar-refractivity contribution in [3.63, 3.8) is 0 Å². The zero-order valence-corrected chi connectivity index (χ0v) is 15.5. The Kier molecular flexibility index (Phi) is 5.65. The van der Waals surface area contributed by atoms with Crippen molar-refractivity contribution in [1.82, 2.24) is 9.88 Å². The molecule has 0 radical (unpaired) electrons. The number of rotatable bonds is 6. The number of nitrogens with zero attached hydrogens (tertiary/aromatic N) is 2. The van der Waals surface area contributed by atoms with Crippen LogP contribution >= 0.6 is 0 Å². The van der Waals surface area contributed by atoms with Crippen molar-refractivity contribution in [2.24, 2.45) is 0 Å². The number of aromatic nitrogens is 1. The molecule has 0 saturated carbocycles. The molecule has 0 aliphatic carbocycles. The van der Waals surface area contributed by atoms with E-state index in [0.717, 1.165) is 25.6 Å². The number of benzene rings is 1. The second kappa shape index (κ2) is 7.96. The zero-order valence-electron chi connectivity index (χ0n) is 15.5. The lowest BCUT2D eigenvalue weighted by molar-refractivity contribution is 0.0695. The number of aromatic carboxylic acids is 1. The van der Waals surface area contributed by atoms with E-state index in [4.69, 9.17) is 4.74 Å². The summed E-state index contributed by atoms with van der Waals surface area (Å²) in [6.45, 7) is 7.27.